The Bertz CT molecular complexity index is 1250. The van der Waals surface area contributed by atoms with Crippen molar-refractivity contribution in [3.05, 3.63) is 77.4 Å². The Balaban J connectivity index is 1.55. The highest BCUT2D eigenvalue weighted by atomic mass is 32.1. The van der Waals surface area contributed by atoms with Crippen LogP contribution < -0.4 is 10.6 Å². The molecule has 0 aliphatic carbocycles. The Labute approximate surface area is 215 Å². The van der Waals surface area contributed by atoms with Crippen molar-refractivity contribution in [2.24, 2.45) is 0 Å². The number of hydrogen-bond acceptors (Lipinski definition) is 3. The number of halogens is 6. The Kier molecular flexibility index (Phi) is 7.75. The zero-order valence-corrected chi connectivity index (χ0v) is 20.3. The first-order chi connectivity index (χ1) is 17.4. The number of hydrogen-bond donors (Lipinski definition) is 3. The summed E-state index contributed by atoms with van der Waals surface area (Å²) in [6.45, 7) is 2.85. The lowest BCUT2D eigenvalue weighted by molar-refractivity contribution is -0.143. The van der Waals surface area contributed by atoms with E-state index in [1.54, 1.807) is 24.3 Å². The number of carbonyl (C=O) groups excluding carboxylic acids is 1. The number of carbonyl (C=O) groups is 1. The molecule has 0 atom stereocenters. The van der Waals surface area contributed by atoms with E-state index < -0.39 is 35.2 Å². The van der Waals surface area contributed by atoms with Crippen LogP contribution in [-0.4, -0.2) is 24.0 Å². The van der Waals surface area contributed by atoms with Gasteiger partial charge in [-0.05, 0) is 67.4 Å². The summed E-state index contributed by atoms with van der Waals surface area (Å²) in [5, 5.41) is 4.61. The third-order valence-electron chi connectivity index (χ3n) is 6.01. The van der Waals surface area contributed by atoms with E-state index in [4.69, 9.17) is 0 Å². The van der Waals surface area contributed by atoms with E-state index in [1.807, 2.05) is 18.2 Å². The Morgan fingerprint density at radius 1 is 0.838 bits per heavy atom. The van der Waals surface area contributed by atoms with E-state index in [0.29, 0.717) is 23.4 Å². The minimum Gasteiger partial charge on any atom is -0.308 e. The second kappa shape index (κ2) is 10.7. The molecule has 4 rings (SSSR count). The SMILES string of the molecule is O=C(Nc1cc(C(F)(F)F)cc(C(F)(F)F)c1)Nc1ccccc1-c1ccc(CN2CCCC2)c(S)c1. The molecule has 1 aliphatic rings. The second-order valence-electron chi connectivity index (χ2n) is 8.75. The first-order valence-electron chi connectivity index (χ1n) is 11.4. The second-order valence-corrected chi connectivity index (χ2v) is 9.23. The van der Waals surface area contributed by atoms with E-state index in [9.17, 15) is 31.1 Å². The predicted molar refractivity (Wildman–Crippen MR) is 133 cm³/mol. The van der Waals surface area contributed by atoms with Crippen molar-refractivity contribution in [3.8, 4) is 11.1 Å². The van der Waals surface area contributed by atoms with Crippen molar-refractivity contribution >= 4 is 30.0 Å². The molecule has 4 nitrogen and oxygen atoms in total. The molecule has 196 valence electrons. The molecule has 11 heteroatoms. The summed E-state index contributed by atoms with van der Waals surface area (Å²) in [5.41, 5.74) is -0.946. The fourth-order valence-corrected chi connectivity index (χ4v) is 4.49. The number of rotatable bonds is 5. The van der Waals surface area contributed by atoms with Crippen molar-refractivity contribution in [1.82, 2.24) is 4.90 Å². The van der Waals surface area contributed by atoms with Gasteiger partial charge in [-0.2, -0.15) is 26.3 Å². The fraction of sp³-hybridized carbons (Fsp3) is 0.269. The summed E-state index contributed by atoms with van der Waals surface area (Å²) < 4.78 is 78.8. The van der Waals surface area contributed by atoms with Crippen molar-refractivity contribution in [3.63, 3.8) is 0 Å². The fourth-order valence-electron chi connectivity index (χ4n) is 4.20. The van der Waals surface area contributed by atoms with Gasteiger partial charge >= 0.3 is 18.4 Å². The van der Waals surface area contributed by atoms with Crippen molar-refractivity contribution in [1.29, 1.82) is 0 Å². The summed E-state index contributed by atoms with van der Waals surface area (Å²) in [6.07, 6.45) is -7.71. The number of anilines is 2. The molecule has 0 bridgehead atoms. The number of amides is 2. The average Bonchev–Trinajstić information content (AvgIpc) is 3.32. The predicted octanol–water partition coefficient (Wildman–Crippen LogP) is 7.92. The molecule has 0 unspecified atom stereocenters. The van der Waals surface area contributed by atoms with Gasteiger partial charge in [0.15, 0.2) is 0 Å². The quantitative estimate of drug-likeness (QED) is 0.228. The van der Waals surface area contributed by atoms with Gasteiger partial charge in [-0.15, -0.1) is 12.6 Å². The highest BCUT2D eigenvalue weighted by molar-refractivity contribution is 7.80. The third kappa shape index (κ3) is 6.78. The van der Waals surface area contributed by atoms with Crippen LogP contribution in [0.1, 0.15) is 29.5 Å². The van der Waals surface area contributed by atoms with Crippen LogP contribution >= 0.6 is 12.6 Å². The van der Waals surface area contributed by atoms with Gasteiger partial charge in [0.1, 0.15) is 0 Å². The standard InChI is InChI=1S/C26H23F6N3OS/c27-25(28,29)18-12-19(26(30,31)32)14-20(13-18)33-24(36)34-22-6-2-1-5-21(22)16-7-8-17(23(37)11-16)15-35-9-3-4-10-35/h1-2,5-8,11-14,37H,3-4,9-10,15H2,(H2,33,34,36). The van der Waals surface area contributed by atoms with Gasteiger partial charge in [-0.25, -0.2) is 4.79 Å². The summed E-state index contributed by atoms with van der Waals surface area (Å²) in [5.74, 6) is 0. The Morgan fingerprint density at radius 3 is 2.05 bits per heavy atom. The topological polar surface area (TPSA) is 44.4 Å². The molecule has 1 saturated heterocycles. The van der Waals surface area contributed by atoms with Crippen LogP contribution in [-0.2, 0) is 18.9 Å². The van der Waals surface area contributed by atoms with Gasteiger partial charge in [0.05, 0.1) is 16.8 Å². The number of alkyl halides is 6. The highest BCUT2D eigenvalue weighted by Crippen LogP contribution is 2.38. The van der Waals surface area contributed by atoms with Crippen LogP contribution in [0.15, 0.2) is 65.6 Å². The van der Waals surface area contributed by atoms with Crippen LogP contribution in [0.5, 0.6) is 0 Å². The number of nitrogens with one attached hydrogen (secondary N) is 2. The van der Waals surface area contributed by atoms with Gasteiger partial charge in [-0.3, -0.25) is 4.90 Å². The van der Waals surface area contributed by atoms with Gasteiger partial charge in [0.2, 0.25) is 0 Å². The van der Waals surface area contributed by atoms with Gasteiger partial charge < -0.3 is 10.6 Å². The number of thiol groups is 1. The number of urea groups is 1. The average molecular weight is 540 g/mol. The summed E-state index contributed by atoms with van der Waals surface area (Å²) in [4.78, 5) is 15.7. The lowest BCUT2D eigenvalue weighted by atomic mass is 10.0. The van der Waals surface area contributed by atoms with Crippen molar-refractivity contribution < 1.29 is 31.1 Å². The number of benzene rings is 3. The maximum absolute atomic E-state index is 13.1. The highest BCUT2D eigenvalue weighted by Gasteiger charge is 2.37. The molecule has 3 aromatic rings. The number of nitrogens with zero attached hydrogens (tertiary/aromatic N) is 1. The van der Waals surface area contributed by atoms with Crippen molar-refractivity contribution in [2.75, 3.05) is 23.7 Å². The Hall–Kier alpha value is -3.18. The van der Waals surface area contributed by atoms with Crippen LogP contribution in [0, 0.1) is 0 Å². The zero-order valence-electron chi connectivity index (χ0n) is 19.4. The monoisotopic (exact) mass is 539 g/mol. The molecular formula is C26H23F6N3OS. The van der Waals surface area contributed by atoms with E-state index in [2.05, 4.69) is 28.2 Å². The molecule has 2 amide bonds. The number of likely N-dealkylation sites (tertiary alicyclic amines) is 1. The van der Waals surface area contributed by atoms with Crippen molar-refractivity contribution in [2.45, 2.75) is 36.6 Å². The lowest BCUT2D eigenvalue weighted by Crippen LogP contribution is -2.21. The molecule has 2 N–H and O–H groups in total. The smallest absolute Gasteiger partial charge is 0.308 e. The largest absolute Gasteiger partial charge is 0.416 e. The van der Waals surface area contributed by atoms with E-state index >= 15 is 0 Å². The molecule has 0 aromatic heterocycles. The minimum absolute atomic E-state index is 0.000811. The minimum atomic E-state index is -5.02. The van der Waals surface area contributed by atoms with Crippen LogP contribution in [0.3, 0.4) is 0 Å². The van der Waals surface area contributed by atoms with Crippen LogP contribution in [0.25, 0.3) is 11.1 Å². The normalized spacial score (nSPS) is 14.6. The molecule has 1 heterocycles. The van der Waals surface area contributed by atoms with Crippen LogP contribution in [0.2, 0.25) is 0 Å². The van der Waals surface area contributed by atoms with E-state index in [-0.39, 0.29) is 6.07 Å². The third-order valence-corrected chi connectivity index (χ3v) is 6.43. The van der Waals surface area contributed by atoms with Crippen LogP contribution in [0.4, 0.5) is 42.5 Å². The van der Waals surface area contributed by atoms with E-state index in [1.165, 1.54) is 12.8 Å². The van der Waals surface area contributed by atoms with E-state index in [0.717, 1.165) is 35.7 Å². The number of para-hydroxylation sites is 1. The van der Waals surface area contributed by atoms with Gasteiger partial charge in [-0.1, -0.05) is 30.3 Å². The first kappa shape index (κ1) is 26.9. The molecule has 0 radical (unpaired) electrons. The molecule has 37 heavy (non-hydrogen) atoms. The molecule has 0 saturated carbocycles. The van der Waals surface area contributed by atoms with Gasteiger partial charge in [0.25, 0.3) is 0 Å². The molecule has 3 aromatic carbocycles. The molecule has 0 spiro atoms. The molecule has 1 aliphatic heterocycles. The summed E-state index contributed by atoms with van der Waals surface area (Å²) in [7, 11) is 0. The lowest BCUT2D eigenvalue weighted by Gasteiger charge is -2.18. The zero-order chi connectivity index (χ0) is 26.8. The maximum atomic E-state index is 13.1. The maximum Gasteiger partial charge on any atom is 0.416 e. The molecular weight excluding hydrogens is 516 g/mol. The Morgan fingerprint density at radius 2 is 1.46 bits per heavy atom. The first-order valence-corrected chi connectivity index (χ1v) is 11.9. The summed E-state index contributed by atoms with van der Waals surface area (Å²) >= 11 is 4.62. The molecule has 1 fully saturated rings. The van der Waals surface area contributed by atoms with Gasteiger partial charge in [0, 0.05) is 22.7 Å². The summed E-state index contributed by atoms with van der Waals surface area (Å²) in [6, 6.07) is 12.3.